The van der Waals surface area contributed by atoms with Gasteiger partial charge in [-0.05, 0) is 91.0 Å². The van der Waals surface area contributed by atoms with Gasteiger partial charge in [0.25, 0.3) is 0 Å². The monoisotopic (exact) mass is 645 g/mol. The van der Waals surface area contributed by atoms with Gasteiger partial charge in [-0.25, -0.2) is 0 Å². The quantitative estimate of drug-likeness (QED) is 0.108. The van der Waals surface area contributed by atoms with Crippen molar-refractivity contribution in [3.63, 3.8) is 0 Å². The molecule has 0 aliphatic heterocycles. The maximum absolute atomic E-state index is 6.11. The summed E-state index contributed by atoms with van der Waals surface area (Å²) in [7, 11) is 0. The van der Waals surface area contributed by atoms with Crippen molar-refractivity contribution in [1.29, 1.82) is 0 Å². The highest BCUT2D eigenvalue weighted by molar-refractivity contribution is 8.01. The van der Waals surface area contributed by atoms with Crippen molar-refractivity contribution in [3.8, 4) is 27.9 Å². The SMILES string of the molecule is C=Cc1c(C=C)c(-c2ccc(CS/C=C\N)cc2)c2cc3c(cc2c1-c1ccc(C(N)S)cc1)c1ccccc1n3-c1ccccc1. The molecule has 0 spiro atoms. The average Bonchev–Trinajstić information content (AvgIpc) is 3.43. The van der Waals surface area contributed by atoms with E-state index >= 15 is 0 Å². The van der Waals surface area contributed by atoms with E-state index in [0.717, 1.165) is 66.7 Å². The maximum atomic E-state index is 6.11. The van der Waals surface area contributed by atoms with Gasteiger partial charge < -0.3 is 16.0 Å². The molecule has 0 aliphatic rings. The lowest BCUT2D eigenvalue weighted by Gasteiger charge is -2.21. The fraction of sp³-hybridized carbons (Fsp3) is 0.0476. The maximum Gasteiger partial charge on any atom is 0.0734 e. The van der Waals surface area contributed by atoms with Crippen LogP contribution in [0, 0.1) is 0 Å². The zero-order valence-electron chi connectivity index (χ0n) is 25.9. The van der Waals surface area contributed by atoms with Crippen LogP contribution in [0.25, 0.3) is 72.7 Å². The summed E-state index contributed by atoms with van der Waals surface area (Å²) in [5.41, 5.74) is 23.9. The number of aromatic nitrogens is 1. The van der Waals surface area contributed by atoms with Gasteiger partial charge in [0.05, 0.1) is 16.4 Å². The summed E-state index contributed by atoms with van der Waals surface area (Å²) in [6.45, 7) is 8.65. The molecule has 0 saturated carbocycles. The normalized spacial score (nSPS) is 12.3. The van der Waals surface area contributed by atoms with Crippen LogP contribution in [0.4, 0.5) is 0 Å². The number of thioether (sulfide) groups is 1. The van der Waals surface area contributed by atoms with Gasteiger partial charge in [0.1, 0.15) is 0 Å². The van der Waals surface area contributed by atoms with Crippen LogP contribution in [0.5, 0.6) is 0 Å². The van der Waals surface area contributed by atoms with Crippen molar-refractivity contribution in [1.82, 2.24) is 4.57 Å². The summed E-state index contributed by atoms with van der Waals surface area (Å²) in [5, 5.41) is 6.27. The number of thiol groups is 1. The Morgan fingerprint density at radius 1 is 0.681 bits per heavy atom. The molecule has 6 aromatic carbocycles. The predicted molar refractivity (Wildman–Crippen MR) is 210 cm³/mol. The molecule has 0 saturated heterocycles. The smallest absolute Gasteiger partial charge is 0.0734 e. The number of nitrogens with two attached hydrogens (primary N) is 2. The van der Waals surface area contributed by atoms with E-state index in [1.165, 1.54) is 21.9 Å². The lowest BCUT2D eigenvalue weighted by molar-refractivity contribution is 1.04. The van der Waals surface area contributed by atoms with E-state index in [9.17, 15) is 0 Å². The molecule has 1 atom stereocenters. The summed E-state index contributed by atoms with van der Waals surface area (Å²) in [5.74, 6) is 0.851. The molecule has 5 heteroatoms. The third-order valence-corrected chi connectivity index (χ3v) is 9.96. The Labute approximate surface area is 285 Å². The van der Waals surface area contributed by atoms with E-state index in [0.29, 0.717) is 0 Å². The number of fused-ring (bicyclic) bond motifs is 4. The van der Waals surface area contributed by atoms with Crippen molar-refractivity contribution < 1.29 is 0 Å². The lowest BCUT2D eigenvalue weighted by atomic mass is 9.82. The first-order valence-corrected chi connectivity index (χ1v) is 17.1. The van der Waals surface area contributed by atoms with Gasteiger partial charge in [-0.15, -0.1) is 11.8 Å². The zero-order valence-corrected chi connectivity index (χ0v) is 27.6. The summed E-state index contributed by atoms with van der Waals surface area (Å²) < 4.78 is 2.37. The van der Waals surface area contributed by atoms with E-state index in [2.05, 4.69) is 146 Å². The lowest BCUT2D eigenvalue weighted by Crippen LogP contribution is -2.02. The Morgan fingerprint density at radius 3 is 1.89 bits per heavy atom. The van der Waals surface area contributed by atoms with Gasteiger partial charge in [-0.1, -0.05) is 110 Å². The second-order valence-corrected chi connectivity index (χ2v) is 12.9. The molecule has 7 rings (SSSR count). The van der Waals surface area contributed by atoms with Gasteiger partial charge in [0, 0.05) is 28.4 Å². The van der Waals surface area contributed by atoms with Crippen LogP contribution in [0.1, 0.15) is 27.6 Å². The van der Waals surface area contributed by atoms with Crippen molar-refractivity contribution in [3.05, 3.63) is 162 Å². The molecule has 47 heavy (non-hydrogen) atoms. The summed E-state index contributed by atoms with van der Waals surface area (Å²) >= 11 is 6.14. The molecule has 0 aliphatic carbocycles. The molecule has 1 aromatic heterocycles. The van der Waals surface area contributed by atoms with Crippen molar-refractivity contribution >= 4 is 69.1 Å². The van der Waals surface area contributed by atoms with E-state index in [-0.39, 0.29) is 5.37 Å². The highest BCUT2D eigenvalue weighted by Gasteiger charge is 2.22. The minimum absolute atomic E-state index is 0.345. The molecule has 7 aromatic rings. The number of nitrogens with zero attached hydrogens (tertiary/aromatic N) is 1. The van der Waals surface area contributed by atoms with Crippen LogP contribution in [-0.4, -0.2) is 4.57 Å². The fourth-order valence-electron chi connectivity index (χ4n) is 6.70. The highest BCUT2D eigenvalue weighted by Crippen LogP contribution is 2.46. The molecule has 0 amide bonds. The van der Waals surface area contributed by atoms with Gasteiger partial charge >= 0.3 is 0 Å². The predicted octanol–water partition coefficient (Wildman–Crippen LogP) is 11.1. The number of benzene rings is 6. The molecule has 230 valence electrons. The van der Waals surface area contributed by atoms with Crippen LogP contribution in [0.2, 0.25) is 0 Å². The Morgan fingerprint density at radius 2 is 1.28 bits per heavy atom. The molecule has 3 nitrogen and oxygen atoms in total. The average molecular weight is 646 g/mol. The minimum atomic E-state index is -0.345. The third-order valence-electron chi connectivity index (χ3n) is 8.81. The molecule has 4 N–H and O–H groups in total. The molecular formula is C42H35N3S2. The first kappa shape index (κ1) is 30.7. The molecule has 0 radical (unpaired) electrons. The Hall–Kier alpha value is -4.94. The first-order chi connectivity index (χ1) is 23.0. The van der Waals surface area contributed by atoms with Gasteiger partial charge in [-0.2, -0.15) is 12.6 Å². The van der Waals surface area contributed by atoms with Crippen LogP contribution >= 0.6 is 24.4 Å². The summed E-state index contributed by atoms with van der Waals surface area (Å²) in [6, 6.07) is 41.2. The zero-order chi connectivity index (χ0) is 32.5. The Balaban J connectivity index is 1.62. The number of hydrogen-bond donors (Lipinski definition) is 3. The molecule has 1 unspecified atom stereocenters. The fourth-order valence-corrected chi connectivity index (χ4v) is 7.47. The minimum Gasteiger partial charge on any atom is -0.404 e. The highest BCUT2D eigenvalue weighted by atomic mass is 32.2. The van der Waals surface area contributed by atoms with E-state index in [1.54, 1.807) is 18.0 Å². The second-order valence-electron chi connectivity index (χ2n) is 11.5. The summed E-state index contributed by atoms with van der Waals surface area (Å²) in [4.78, 5) is 0. The van der Waals surface area contributed by atoms with E-state index in [1.807, 2.05) is 17.6 Å². The van der Waals surface area contributed by atoms with E-state index < -0.39 is 0 Å². The van der Waals surface area contributed by atoms with Crippen LogP contribution in [0.15, 0.2) is 140 Å². The Kier molecular flexibility index (Phi) is 8.52. The first-order valence-electron chi connectivity index (χ1n) is 15.5. The molecule has 0 fully saturated rings. The van der Waals surface area contributed by atoms with Gasteiger partial charge in [-0.3, -0.25) is 0 Å². The summed E-state index contributed by atoms with van der Waals surface area (Å²) in [6.07, 6.45) is 5.52. The second kappa shape index (κ2) is 13.0. The van der Waals surface area contributed by atoms with E-state index in [4.69, 9.17) is 11.5 Å². The number of hydrogen-bond acceptors (Lipinski definition) is 4. The van der Waals surface area contributed by atoms with Gasteiger partial charge in [0.15, 0.2) is 0 Å². The van der Waals surface area contributed by atoms with Crippen LogP contribution < -0.4 is 11.5 Å². The third kappa shape index (κ3) is 5.47. The Bertz CT molecular complexity index is 2300. The van der Waals surface area contributed by atoms with Crippen molar-refractivity contribution in [2.24, 2.45) is 11.5 Å². The van der Waals surface area contributed by atoms with Crippen molar-refractivity contribution in [2.75, 3.05) is 0 Å². The van der Waals surface area contributed by atoms with Crippen LogP contribution in [0.3, 0.4) is 0 Å². The number of rotatable bonds is 9. The van der Waals surface area contributed by atoms with Crippen molar-refractivity contribution in [2.45, 2.75) is 11.1 Å². The number of para-hydroxylation sites is 2. The largest absolute Gasteiger partial charge is 0.404 e. The van der Waals surface area contributed by atoms with Crippen LogP contribution in [-0.2, 0) is 5.75 Å². The molecule has 0 bridgehead atoms. The molecular weight excluding hydrogens is 611 g/mol. The molecule has 1 heterocycles. The topological polar surface area (TPSA) is 57.0 Å². The standard InChI is InChI=1S/C42H35N3S2/c1-3-32-33(4-2)41(28-16-14-27(15-17-28)26-47-23-22-43)37-25-39-35(24-36(37)40(32)29-18-20-30(21-19-29)42(44)46)34-12-8-9-13-38(34)45(39)31-10-6-5-7-11-31/h3-25,42,46H,1-2,26,43-44H2/b23-22-. The van der Waals surface area contributed by atoms with Gasteiger partial charge in [0.2, 0.25) is 0 Å².